The number of methoxy groups -OCH3 is 1. The first-order chi connectivity index (χ1) is 9.28. The van der Waals surface area contributed by atoms with E-state index in [1.165, 1.54) is 0 Å². The molecule has 0 aromatic carbocycles. The van der Waals surface area contributed by atoms with E-state index in [9.17, 15) is 4.79 Å². The van der Waals surface area contributed by atoms with Gasteiger partial charge in [-0.3, -0.25) is 4.68 Å². The highest BCUT2D eigenvalue weighted by Crippen LogP contribution is 2.51. The third-order valence-corrected chi connectivity index (χ3v) is 4.80. The zero-order chi connectivity index (χ0) is 15.0. The highest BCUT2D eigenvalue weighted by atomic mass is 16.5. The highest BCUT2D eigenvalue weighted by Gasteiger charge is 2.58. The lowest BCUT2D eigenvalue weighted by atomic mass is 9.56. The van der Waals surface area contributed by atoms with E-state index in [0.717, 1.165) is 12.0 Å². The normalized spacial score (nSPS) is 27.8. The van der Waals surface area contributed by atoms with Crippen LogP contribution in [0, 0.1) is 5.41 Å². The second-order valence-electron chi connectivity index (χ2n) is 6.26. The Balaban J connectivity index is 1.81. The number of hydrogen-bond acceptors (Lipinski definition) is 3. The van der Waals surface area contributed by atoms with Gasteiger partial charge in [0.25, 0.3) is 0 Å². The molecule has 1 heterocycles. The lowest BCUT2D eigenvalue weighted by molar-refractivity contribution is -0.177. The maximum absolute atomic E-state index is 11.9. The maximum atomic E-state index is 11.9. The van der Waals surface area contributed by atoms with Gasteiger partial charge in [-0.05, 0) is 13.3 Å². The van der Waals surface area contributed by atoms with Crippen molar-refractivity contribution in [3.63, 3.8) is 0 Å². The molecule has 0 unspecified atom stereocenters. The molecule has 1 aromatic heterocycles. The maximum Gasteiger partial charge on any atom is 0.315 e. The van der Waals surface area contributed by atoms with Crippen molar-refractivity contribution in [3.8, 4) is 0 Å². The fourth-order valence-corrected chi connectivity index (χ4v) is 2.68. The molecule has 6 heteroatoms. The van der Waals surface area contributed by atoms with Gasteiger partial charge in [0, 0.05) is 43.9 Å². The molecule has 20 heavy (non-hydrogen) atoms. The Morgan fingerprint density at radius 3 is 2.75 bits per heavy atom. The van der Waals surface area contributed by atoms with Gasteiger partial charge in [-0.1, -0.05) is 13.8 Å². The zero-order valence-electron chi connectivity index (χ0n) is 12.9. The van der Waals surface area contributed by atoms with Crippen LogP contribution >= 0.6 is 0 Å². The van der Waals surface area contributed by atoms with E-state index in [1.54, 1.807) is 18.0 Å². The molecule has 1 aliphatic rings. The van der Waals surface area contributed by atoms with Crippen LogP contribution in [-0.4, -0.2) is 34.6 Å². The van der Waals surface area contributed by atoms with Gasteiger partial charge in [-0.25, -0.2) is 4.79 Å². The van der Waals surface area contributed by atoms with Crippen molar-refractivity contribution in [2.45, 2.75) is 45.4 Å². The molecule has 2 N–H and O–H groups in total. The lowest BCUT2D eigenvalue weighted by Crippen LogP contribution is -2.69. The largest absolute Gasteiger partial charge is 0.378 e. The summed E-state index contributed by atoms with van der Waals surface area (Å²) >= 11 is 0. The van der Waals surface area contributed by atoms with E-state index < -0.39 is 0 Å². The van der Waals surface area contributed by atoms with Crippen LogP contribution in [0.2, 0.25) is 0 Å². The highest BCUT2D eigenvalue weighted by molar-refractivity contribution is 5.74. The molecule has 0 spiro atoms. The molecule has 0 saturated heterocycles. The van der Waals surface area contributed by atoms with Crippen LogP contribution in [0.1, 0.15) is 32.8 Å². The summed E-state index contributed by atoms with van der Waals surface area (Å²) in [6.07, 6.45) is 4.46. The van der Waals surface area contributed by atoms with Gasteiger partial charge < -0.3 is 15.4 Å². The fraction of sp³-hybridized carbons (Fsp3) is 0.714. The number of nitrogens with one attached hydrogen (secondary N) is 2. The zero-order valence-corrected chi connectivity index (χ0v) is 12.9. The van der Waals surface area contributed by atoms with Crippen LogP contribution in [0.3, 0.4) is 0 Å². The van der Waals surface area contributed by atoms with Crippen molar-refractivity contribution < 1.29 is 9.53 Å². The van der Waals surface area contributed by atoms with Crippen molar-refractivity contribution in [2.75, 3.05) is 7.11 Å². The standard InChI is InChI=1S/C14H24N4O2/c1-13(2)11(6-14(13,3)20-5)17-12(19)15-7-10-8-16-18(4)9-10/h8-9,11H,6-7H2,1-5H3,(H2,15,17,19)/t11-,14-/m0/s1. The number of aromatic nitrogens is 2. The lowest BCUT2D eigenvalue weighted by Gasteiger charge is -2.59. The van der Waals surface area contributed by atoms with Crippen molar-refractivity contribution in [1.29, 1.82) is 0 Å². The Hall–Kier alpha value is -1.56. The van der Waals surface area contributed by atoms with Crippen LogP contribution < -0.4 is 10.6 Å². The van der Waals surface area contributed by atoms with Crippen molar-refractivity contribution in [1.82, 2.24) is 20.4 Å². The Morgan fingerprint density at radius 1 is 1.55 bits per heavy atom. The van der Waals surface area contributed by atoms with Crippen LogP contribution in [0.5, 0.6) is 0 Å². The number of amides is 2. The minimum atomic E-state index is -0.172. The van der Waals surface area contributed by atoms with E-state index in [4.69, 9.17) is 4.74 Å². The van der Waals surface area contributed by atoms with Crippen molar-refractivity contribution >= 4 is 6.03 Å². The second-order valence-corrected chi connectivity index (χ2v) is 6.26. The van der Waals surface area contributed by atoms with Gasteiger partial charge in [-0.2, -0.15) is 5.10 Å². The van der Waals surface area contributed by atoms with Gasteiger partial charge in [0.15, 0.2) is 0 Å². The molecular weight excluding hydrogens is 256 g/mol. The molecule has 112 valence electrons. The van der Waals surface area contributed by atoms with Crippen LogP contribution in [0.4, 0.5) is 4.79 Å². The molecule has 2 atom stereocenters. The Morgan fingerprint density at radius 2 is 2.25 bits per heavy atom. The first kappa shape index (κ1) is 14.8. The first-order valence-electron chi connectivity index (χ1n) is 6.85. The molecule has 1 fully saturated rings. The van der Waals surface area contributed by atoms with Gasteiger partial charge in [0.2, 0.25) is 0 Å². The minimum Gasteiger partial charge on any atom is -0.378 e. The molecule has 1 saturated carbocycles. The molecule has 0 radical (unpaired) electrons. The Kier molecular flexibility index (Phi) is 3.77. The monoisotopic (exact) mass is 280 g/mol. The molecule has 2 rings (SSSR count). The summed E-state index contributed by atoms with van der Waals surface area (Å²) < 4.78 is 7.27. The summed E-state index contributed by atoms with van der Waals surface area (Å²) in [5.41, 5.74) is 0.735. The number of rotatable bonds is 4. The molecule has 1 aromatic rings. The number of carbonyl (C=O) groups is 1. The van der Waals surface area contributed by atoms with E-state index >= 15 is 0 Å². The number of aryl methyl sites for hydroxylation is 1. The third kappa shape index (κ3) is 2.52. The number of carbonyl (C=O) groups excluding carboxylic acids is 1. The molecule has 1 aliphatic carbocycles. The Bertz CT molecular complexity index is 497. The summed E-state index contributed by atoms with van der Waals surface area (Å²) in [5.74, 6) is 0. The summed E-state index contributed by atoms with van der Waals surface area (Å²) in [7, 11) is 3.58. The van der Waals surface area contributed by atoms with Gasteiger partial charge in [0.1, 0.15) is 0 Å². The summed E-state index contributed by atoms with van der Waals surface area (Å²) in [5, 5.41) is 9.93. The number of ether oxygens (including phenoxy) is 1. The van der Waals surface area contributed by atoms with Crippen LogP contribution in [0.25, 0.3) is 0 Å². The molecule has 2 amide bonds. The summed E-state index contributed by atoms with van der Waals surface area (Å²) in [4.78, 5) is 11.9. The van der Waals surface area contributed by atoms with Gasteiger partial charge in [0.05, 0.1) is 11.8 Å². The Labute approximate surface area is 119 Å². The number of hydrogen-bond donors (Lipinski definition) is 2. The van der Waals surface area contributed by atoms with Gasteiger partial charge >= 0.3 is 6.03 Å². The van der Waals surface area contributed by atoms with Gasteiger partial charge in [-0.15, -0.1) is 0 Å². The average molecular weight is 280 g/mol. The van der Waals surface area contributed by atoms with Crippen molar-refractivity contribution in [2.24, 2.45) is 12.5 Å². The smallest absolute Gasteiger partial charge is 0.315 e. The number of urea groups is 1. The van der Waals surface area contributed by atoms with E-state index in [-0.39, 0.29) is 23.1 Å². The SMILES string of the molecule is CO[C@@]1(C)C[C@H](NC(=O)NCc2cnn(C)c2)C1(C)C. The third-order valence-electron chi connectivity index (χ3n) is 4.80. The first-order valence-corrected chi connectivity index (χ1v) is 6.85. The molecular formula is C14H24N4O2. The molecule has 0 bridgehead atoms. The minimum absolute atomic E-state index is 0.0760. The van der Waals surface area contributed by atoms with E-state index in [0.29, 0.717) is 6.54 Å². The van der Waals surface area contributed by atoms with Crippen LogP contribution in [0.15, 0.2) is 12.4 Å². The van der Waals surface area contributed by atoms with E-state index in [2.05, 4.69) is 36.5 Å². The molecule has 0 aliphatic heterocycles. The number of nitrogens with zero attached hydrogens (tertiary/aromatic N) is 2. The quantitative estimate of drug-likeness (QED) is 0.876. The molecule has 6 nitrogen and oxygen atoms in total. The van der Waals surface area contributed by atoms with Crippen molar-refractivity contribution in [3.05, 3.63) is 18.0 Å². The summed E-state index contributed by atoms with van der Waals surface area (Å²) in [6.45, 7) is 6.80. The average Bonchev–Trinajstić information content (AvgIpc) is 2.81. The second kappa shape index (κ2) is 5.09. The predicted molar refractivity (Wildman–Crippen MR) is 76.2 cm³/mol. The topological polar surface area (TPSA) is 68.2 Å². The summed E-state index contributed by atoms with van der Waals surface area (Å²) in [6, 6.07) is -0.0218. The van der Waals surface area contributed by atoms with E-state index in [1.807, 2.05) is 13.2 Å². The predicted octanol–water partition coefficient (Wildman–Crippen LogP) is 1.42. The fourth-order valence-electron chi connectivity index (χ4n) is 2.68. The van der Waals surface area contributed by atoms with Crippen LogP contribution in [-0.2, 0) is 18.3 Å².